The highest BCUT2D eigenvalue weighted by atomic mass is 16.6. The zero-order valence-electron chi connectivity index (χ0n) is 14.6. The molecule has 0 unspecified atom stereocenters. The number of allylic oxidation sites excluding steroid dienone is 3. The number of nitrogens with two attached hydrogens (primary N) is 1. The predicted octanol–water partition coefficient (Wildman–Crippen LogP) is 0.863. The van der Waals surface area contributed by atoms with E-state index in [1.807, 2.05) is 6.08 Å². The minimum Gasteiger partial charge on any atom is -0.495 e. The van der Waals surface area contributed by atoms with Gasteiger partial charge in [0, 0.05) is 24.9 Å². The van der Waals surface area contributed by atoms with Gasteiger partial charge in [-0.25, -0.2) is 0 Å². The maximum absolute atomic E-state index is 5.93. The van der Waals surface area contributed by atoms with E-state index in [1.54, 1.807) is 7.11 Å². The Labute approximate surface area is 144 Å². The van der Waals surface area contributed by atoms with Crippen LogP contribution in [0.5, 0.6) is 0 Å². The SMILES string of the molecule is COC1=C(N2CCOCCOCCOCCOCC2)CCC(N)=C1. The van der Waals surface area contributed by atoms with E-state index in [9.17, 15) is 0 Å². The molecule has 0 atom stereocenters. The van der Waals surface area contributed by atoms with Crippen LogP contribution in [0.2, 0.25) is 0 Å². The van der Waals surface area contributed by atoms with Crippen LogP contribution in [0.4, 0.5) is 0 Å². The number of hydrogen-bond acceptors (Lipinski definition) is 7. The molecule has 0 radical (unpaired) electrons. The van der Waals surface area contributed by atoms with Crippen molar-refractivity contribution in [3.05, 3.63) is 23.2 Å². The van der Waals surface area contributed by atoms with Crippen LogP contribution < -0.4 is 5.73 Å². The van der Waals surface area contributed by atoms with Crippen LogP contribution in [0.25, 0.3) is 0 Å². The maximum atomic E-state index is 5.93. The average molecular weight is 342 g/mol. The average Bonchev–Trinajstić information content (AvgIpc) is 2.60. The van der Waals surface area contributed by atoms with E-state index in [1.165, 1.54) is 0 Å². The Morgan fingerprint density at radius 1 is 0.833 bits per heavy atom. The minimum absolute atomic E-state index is 0.588. The van der Waals surface area contributed by atoms with Crippen molar-refractivity contribution in [3.63, 3.8) is 0 Å². The van der Waals surface area contributed by atoms with Gasteiger partial charge in [0.2, 0.25) is 0 Å². The monoisotopic (exact) mass is 342 g/mol. The van der Waals surface area contributed by atoms with Crippen LogP contribution in [0.3, 0.4) is 0 Å². The van der Waals surface area contributed by atoms with Crippen molar-refractivity contribution in [1.29, 1.82) is 0 Å². The molecule has 1 heterocycles. The van der Waals surface area contributed by atoms with Gasteiger partial charge in [0.05, 0.1) is 65.7 Å². The van der Waals surface area contributed by atoms with Crippen molar-refractivity contribution < 1.29 is 23.7 Å². The van der Waals surface area contributed by atoms with Crippen molar-refractivity contribution in [3.8, 4) is 0 Å². The second kappa shape index (κ2) is 11.3. The summed E-state index contributed by atoms with van der Waals surface area (Å²) < 4.78 is 27.7. The Bertz CT molecular complexity index is 409. The summed E-state index contributed by atoms with van der Waals surface area (Å²) >= 11 is 0. The largest absolute Gasteiger partial charge is 0.495 e. The first-order chi connectivity index (χ1) is 11.8. The quantitative estimate of drug-likeness (QED) is 0.798. The van der Waals surface area contributed by atoms with Crippen molar-refractivity contribution in [2.45, 2.75) is 12.8 Å². The lowest BCUT2D eigenvalue weighted by Gasteiger charge is -2.30. The zero-order valence-corrected chi connectivity index (χ0v) is 14.6. The van der Waals surface area contributed by atoms with Crippen LogP contribution in [-0.2, 0) is 23.7 Å². The molecule has 0 spiro atoms. The Morgan fingerprint density at radius 3 is 1.83 bits per heavy atom. The number of nitrogens with zero attached hydrogens (tertiary/aromatic N) is 1. The van der Waals surface area contributed by atoms with Crippen molar-refractivity contribution >= 4 is 0 Å². The van der Waals surface area contributed by atoms with E-state index in [0.717, 1.165) is 43.1 Å². The predicted molar refractivity (Wildman–Crippen MR) is 90.4 cm³/mol. The normalized spacial score (nSPS) is 23.2. The molecule has 1 fully saturated rings. The molecule has 2 N–H and O–H groups in total. The van der Waals surface area contributed by atoms with Gasteiger partial charge in [-0.2, -0.15) is 0 Å². The summed E-state index contributed by atoms with van der Waals surface area (Å²) in [6.45, 7) is 6.39. The van der Waals surface area contributed by atoms with Crippen LogP contribution in [0, 0.1) is 0 Å². The van der Waals surface area contributed by atoms with Gasteiger partial charge in [-0.15, -0.1) is 0 Å². The number of methoxy groups -OCH3 is 1. The van der Waals surface area contributed by atoms with Gasteiger partial charge in [0.1, 0.15) is 5.76 Å². The van der Waals surface area contributed by atoms with Crippen LogP contribution in [0.1, 0.15) is 12.8 Å². The summed E-state index contributed by atoms with van der Waals surface area (Å²) in [5.41, 5.74) is 7.95. The summed E-state index contributed by atoms with van der Waals surface area (Å²) in [6, 6.07) is 0. The molecular weight excluding hydrogens is 312 g/mol. The second-order valence-corrected chi connectivity index (χ2v) is 5.67. The maximum Gasteiger partial charge on any atom is 0.139 e. The number of hydrogen-bond donors (Lipinski definition) is 1. The molecule has 0 amide bonds. The van der Waals surface area contributed by atoms with E-state index in [4.69, 9.17) is 29.4 Å². The fraction of sp³-hybridized carbons (Fsp3) is 0.765. The van der Waals surface area contributed by atoms with E-state index in [2.05, 4.69) is 4.90 Å². The molecule has 138 valence electrons. The highest BCUT2D eigenvalue weighted by molar-refractivity contribution is 5.27. The second-order valence-electron chi connectivity index (χ2n) is 5.67. The molecule has 0 saturated carbocycles. The summed E-state index contributed by atoms with van der Waals surface area (Å²) in [5, 5.41) is 0. The van der Waals surface area contributed by atoms with Crippen molar-refractivity contribution in [2.75, 3.05) is 73.1 Å². The van der Waals surface area contributed by atoms with Crippen molar-refractivity contribution in [2.24, 2.45) is 5.73 Å². The Kier molecular flexibility index (Phi) is 8.97. The summed E-state index contributed by atoms with van der Waals surface area (Å²) in [5.74, 6) is 0.836. The summed E-state index contributed by atoms with van der Waals surface area (Å²) in [7, 11) is 1.68. The molecule has 2 rings (SSSR count). The van der Waals surface area contributed by atoms with E-state index in [0.29, 0.717) is 52.9 Å². The molecule has 1 aliphatic carbocycles. The van der Waals surface area contributed by atoms with Crippen LogP contribution >= 0.6 is 0 Å². The summed E-state index contributed by atoms with van der Waals surface area (Å²) in [4.78, 5) is 2.27. The van der Waals surface area contributed by atoms with Gasteiger partial charge < -0.3 is 34.3 Å². The first-order valence-corrected chi connectivity index (χ1v) is 8.60. The molecule has 1 saturated heterocycles. The zero-order chi connectivity index (χ0) is 17.0. The topological polar surface area (TPSA) is 75.4 Å². The van der Waals surface area contributed by atoms with Gasteiger partial charge >= 0.3 is 0 Å². The molecule has 0 aromatic carbocycles. The van der Waals surface area contributed by atoms with Crippen molar-refractivity contribution in [1.82, 2.24) is 4.90 Å². The summed E-state index contributed by atoms with van der Waals surface area (Å²) in [6.07, 6.45) is 3.64. The third-order valence-corrected chi connectivity index (χ3v) is 3.98. The molecule has 7 heteroatoms. The fourth-order valence-electron chi connectivity index (χ4n) is 2.69. The molecule has 0 aromatic heterocycles. The first-order valence-electron chi connectivity index (χ1n) is 8.60. The minimum atomic E-state index is 0.588. The molecule has 2 aliphatic rings. The van der Waals surface area contributed by atoms with Gasteiger partial charge in [0.15, 0.2) is 0 Å². The third-order valence-electron chi connectivity index (χ3n) is 3.98. The third kappa shape index (κ3) is 6.68. The number of ether oxygens (including phenoxy) is 5. The van der Waals surface area contributed by atoms with Crippen LogP contribution in [-0.4, -0.2) is 78.0 Å². The molecular formula is C17H30N2O5. The van der Waals surface area contributed by atoms with Gasteiger partial charge in [0.25, 0.3) is 0 Å². The first kappa shape index (κ1) is 19.1. The molecule has 0 bridgehead atoms. The van der Waals surface area contributed by atoms with E-state index < -0.39 is 0 Å². The van der Waals surface area contributed by atoms with Gasteiger partial charge in [-0.3, -0.25) is 0 Å². The standard InChI is InChI=1S/C17H30N2O5/c1-20-17-14-15(18)2-3-16(17)19-4-6-21-8-10-23-12-13-24-11-9-22-7-5-19/h14H,2-13,18H2,1H3. The Balaban J connectivity index is 1.95. The highest BCUT2D eigenvalue weighted by Crippen LogP contribution is 2.25. The molecule has 24 heavy (non-hydrogen) atoms. The Morgan fingerprint density at radius 2 is 1.33 bits per heavy atom. The van der Waals surface area contributed by atoms with Gasteiger partial charge in [-0.1, -0.05) is 0 Å². The lowest BCUT2D eigenvalue weighted by atomic mass is 10.1. The van der Waals surface area contributed by atoms with E-state index >= 15 is 0 Å². The van der Waals surface area contributed by atoms with E-state index in [-0.39, 0.29) is 0 Å². The fourth-order valence-corrected chi connectivity index (χ4v) is 2.69. The highest BCUT2D eigenvalue weighted by Gasteiger charge is 2.19. The lowest BCUT2D eigenvalue weighted by molar-refractivity contribution is 0.00206. The Hall–Kier alpha value is -1.28. The smallest absolute Gasteiger partial charge is 0.139 e. The van der Waals surface area contributed by atoms with Crippen LogP contribution in [0.15, 0.2) is 23.2 Å². The molecule has 7 nitrogen and oxygen atoms in total. The lowest BCUT2D eigenvalue weighted by Crippen LogP contribution is -2.33. The molecule has 0 aromatic rings. The number of rotatable bonds is 2. The van der Waals surface area contributed by atoms with Gasteiger partial charge in [-0.05, 0) is 12.8 Å². The molecule has 1 aliphatic heterocycles.